The Morgan fingerprint density at radius 1 is 1.44 bits per heavy atom. The van der Waals surface area contributed by atoms with Crippen LogP contribution in [0.25, 0.3) is 0 Å². The smallest absolute Gasteiger partial charge is 0.228 e. The van der Waals surface area contributed by atoms with Crippen LogP contribution in [0.1, 0.15) is 32.5 Å². The minimum Gasteiger partial charge on any atom is -0.382 e. The summed E-state index contributed by atoms with van der Waals surface area (Å²) in [6.45, 7) is 6.17. The number of aromatic nitrogens is 1. The van der Waals surface area contributed by atoms with E-state index in [4.69, 9.17) is 4.74 Å². The van der Waals surface area contributed by atoms with Crippen molar-refractivity contribution in [3.05, 3.63) is 30.1 Å². The van der Waals surface area contributed by atoms with Crippen molar-refractivity contribution in [1.82, 2.24) is 9.88 Å². The summed E-state index contributed by atoms with van der Waals surface area (Å²) in [7, 11) is 3.43. The van der Waals surface area contributed by atoms with Gasteiger partial charge < -0.3 is 9.64 Å². The molecule has 1 heterocycles. The number of methoxy groups -OCH3 is 1. The monoisotopic (exact) mass is 250 g/mol. The van der Waals surface area contributed by atoms with E-state index in [0.717, 1.165) is 5.69 Å². The molecule has 1 unspecified atom stereocenters. The Morgan fingerprint density at radius 3 is 2.56 bits per heavy atom. The molecule has 0 saturated heterocycles. The van der Waals surface area contributed by atoms with Gasteiger partial charge in [0, 0.05) is 25.8 Å². The fourth-order valence-corrected chi connectivity index (χ4v) is 1.80. The van der Waals surface area contributed by atoms with Crippen molar-refractivity contribution in [2.45, 2.75) is 26.8 Å². The molecule has 0 aliphatic heterocycles. The van der Waals surface area contributed by atoms with Crippen LogP contribution in [0.3, 0.4) is 0 Å². The second kappa shape index (κ2) is 5.96. The summed E-state index contributed by atoms with van der Waals surface area (Å²) in [5, 5.41) is 0. The highest BCUT2D eigenvalue weighted by Crippen LogP contribution is 2.24. The Bertz CT molecular complexity index is 385. The lowest BCUT2D eigenvalue weighted by atomic mass is 9.94. The van der Waals surface area contributed by atoms with Gasteiger partial charge in [-0.25, -0.2) is 0 Å². The lowest BCUT2D eigenvalue weighted by Crippen LogP contribution is -2.40. The maximum Gasteiger partial charge on any atom is 0.228 e. The molecular formula is C14H22N2O2. The first kappa shape index (κ1) is 14.6. The second-order valence-electron chi connectivity index (χ2n) is 5.39. The van der Waals surface area contributed by atoms with E-state index in [9.17, 15) is 4.79 Å². The number of nitrogens with zero attached hydrogens (tertiary/aromatic N) is 2. The highest BCUT2D eigenvalue weighted by molar-refractivity contribution is 5.81. The first-order valence-corrected chi connectivity index (χ1v) is 6.05. The third kappa shape index (κ3) is 3.53. The Labute approximate surface area is 109 Å². The molecule has 0 fully saturated rings. The maximum atomic E-state index is 12.3. The molecular weight excluding hydrogens is 228 g/mol. The molecule has 0 saturated carbocycles. The molecule has 0 bridgehead atoms. The van der Waals surface area contributed by atoms with E-state index >= 15 is 0 Å². The Hall–Kier alpha value is -1.42. The number of carbonyl (C=O) groups excluding carboxylic acids is 1. The Balaban J connectivity index is 2.96. The van der Waals surface area contributed by atoms with Crippen LogP contribution in [-0.2, 0) is 9.53 Å². The third-order valence-electron chi connectivity index (χ3n) is 2.78. The van der Waals surface area contributed by atoms with Crippen LogP contribution in [0, 0.1) is 5.41 Å². The minimum absolute atomic E-state index is 0.0789. The van der Waals surface area contributed by atoms with Gasteiger partial charge in [-0.2, -0.15) is 0 Å². The fraction of sp³-hybridized carbons (Fsp3) is 0.571. The third-order valence-corrected chi connectivity index (χ3v) is 2.78. The quantitative estimate of drug-likeness (QED) is 0.823. The zero-order valence-corrected chi connectivity index (χ0v) is 11.8. The summed E-state index contributed by atoms with van der Waals surface area (Å²) in [4.78, 5) is 18.3. The van der Waals surface area contributed by atoms with Gasteiger partial charge in [0.15, 0.2) is 0 Å². The summed E-state index contributed by atoms with van der Waals surface area (Å²) in [5.41, 5.74) is 0.439. The van der Waals surface area contributed by atoms with E-state index in [2.05, 4.69) is 4.98 Å². The average Bonchev–Trinajstić information content (AvgIpc) is 2.34. The molecule has 0 radical (unpaired) electrons. The molecule has 0 aliphatic rings. The highest BCUT2D eigenvalue weighted by atomic mass is 16.5. The molecule has 1 rings (SSSR count). The van der Waals surface area contributed by atoms with Crippen molar-refractivity contribution in [3.8, 4) is 0 Å². The maximum absolute atomic E-state index is 12.3. The lowest BCUT2D eigenvalue weighted by molar-refractivity contribution is -0.141. The molecule has 100 valence electrons. The number of likely N-dealkylation sites (N-methyl/N-ethyl adjacent to an activating group) is 1. The van der Waals surface area contributed by atoms with Gasteiger partial charge in [-0.3, -0.25) is 9.78 Å². The average molecular weight is 250 g/mol. The van der Waals surface area contributed by atoms with Crippen LogP contribution in [0.15, 0.2) is 24.4 Å². The Morgan fingerprint density at radius 2 is 2.11 bits per heavy atom. The predicted molar refractivity (Wildman–Crippen MR) is 71.1 cm³/mol. The van der Waals surface area contributed by atoms with Crippen molar-refractivity contribution in [1.29, 1.82) is 0 Å². The van der Waals surface area contributed by atoms with Crippen molar-refractivity contribution in [2.24, 2.45) is 5.41 Å². The summed E-state index contributed by atoms with van der Waals surface area (Å²) < 4.78 is 5.21. The molecule has 0 N–H and O–H groups in total. The van der Waals surface area contributed by atoms with Crippen molar-refractivity contribution in [3.63, 3.8) is 0 Å². The molecule has 1 atom stereocenters. The predicted octanol–water partition coefficient (Wildman–Crippen LogP) is 2.27. The first-order chi connectivity index (χ1) is 8.38. The topological polar surface area (TPSA) is 42.4 Å². The van der Waals surface area contributed by atoms with Crippen LogP contribution < -0.4 is 0 Å². The van der Waals surface area contributed by atoms with Gasteiger partial charge in [-0.05, 0) is 12.1 Å². The molecule has 1 aromatic rings. The first-order valence-electron chi connectivity index (χ1n) is 6.05. The van der Waals surface area contributed by atoms with Gasteiger partial charge in [0.25, 0.3) is 0 Å². The van der Waals surface area contributed by atoms with Crippen LogP contribution in [-0.4, -0.2) is 36.6 Å². The van der Waals surface area contributed by atoms with Crippen molar-refractivity contribution < 1.29 is 9.53 Å². The second-order valence-corrected chi connectivity index (χ2v) is 5.39. The fourth-order valence-electron chi connectivity index (χ4n) is 1.80. The molecule has 4 nitrogen and oxygen atoms in total. The lowest BCUT2D eigenvalue weighted by Gasteiger charge is -2.32. The molecule has 4 heteroatoms. The van der Waals surface area contributed by atoms with Crippen LogP contribution in [0.2, 0.25) is 0 Å². The van der Waals surface area contributed by atoms with E-state index in [1.54, 1.807) is 25.3 Å². The van der Waals surface area contributed by atoms with Crippen LogP contribution in [0.4, 0.5) is 0 Å². The van der Waals surface area contributed by atoms with E-state index in [1.807, 2.05) is 39.0 Å². The largest absolute Gasteiger partial charge is 0.382 e. The number of hydrogen-bond acceptors (Lipinski definition) is 3. The van der Waals surface area contributed by atoms with Gasteiger partial charge >= 0.3 is 0 Å². The number of ether oxygens (including phenoxy) is 1. The van der Waals surface area contributed by atoms with Crippen LogP contribution in [0.5, 0.6) is 0 Å². The number of pyridine rings is 1. The molecule has 1 amide bonds. The molecule has 0 aromatic carbocycles. The van der Waals surface area contributed by atoms with Gasteiger partial charge in [0.2, 0.25) is 5.91 Å². The highest BCUT2D eigenvalue weighted by Gasteiger charge is 2.30. The summed E-state index contributed by atoms with van der Waals surface area (Å²) in [6, 6.07) is 5.54. The van der Waals surface area contributed by atoms with Crippen molar-refractivity contribution >= 4 is 5.91 Å². The summed E-state index contributed by atoms with van der Waals surface area (Å²) >= 11 is 0. The number of rotatable bonds is 4. The minimum atomic E-state index is -0.407. The zero-order chi connectivity index (χ0) is 13.8. The van der Waals surface area contributed by atoms with E-state index in [1.165, 1.54) is 0 Å². The standard InChI is InChI=1S/C14H22N2O2/c1-14(2,3)13(17)16(4)12(10-18-5)11-8-6-7-9-15-11/h6-9,12H,10H2,1-5H3. The van der Waals surface area contributed by atoms with Gasteiger partial charge in [0.05, 0.1) is 18.3 Å². The molecule has 0 aliphatic carbocycles. The van der Waals surface area contributed by atoms with E-state index < -0.39 is 5.41 Å². The molecule has 1 aromatic heterocycles. The van der Waals surface area contributed by atoms with Gasteiger partial charge in [-0.15, -0.1) is 0 Å². The number of amides is 1. The summed E-state index contributed by atoms with van der Waals surface area (Å²) in [6.07, 6.45) is 1.73. The van der Waals surface area contributed by atoms with E-state index in [0.29, 0.717) is 6.61 Å². The van der Waals surface area contributed by atoms with Gasteiger partial charge in [-0.1, -0.05) is 26.8 Å². The molecule has 18 heavy (non-hydrogen) atoms. The van der Waals surface area contributed by atoms with Gasteiger partial charge in [0.1, 0.15) is 0 Å². The Kier molecular flexibility index (Phi) is 4.84. The SMILES string of the molecule is COCC(c1ccccn1)N(C)C(=O)C(C)(C)C. The van der Waals surface area contributed by atoms with Crippen molar-refractivity contribution in [2.75, 3.05) is 20.8 Å². The van der Waals surface area contributed by atoms with E-state index in [-0.39, 0.29) is 11.9 Å². The summed E-state index contributed by atoms with van der Waals surface area (Å²) in [5.74, 6) is 0.0789. The molecule has 0 spiro atoms. The zero-order valence-electron chi connectivity index (χ0n) is 11.8. The van der Waals surface area contributed by atoms with Crippen LogP contribution >= 0.6 is 0 Å². The number of carbonyl (C=O) groups is 1. The number of hydrogen-bond donors (Lipinski definition) is 0. The normalized spacial score (nSPS) is 13.2.